The summed E-state index contributed by atoms with van der Waals surface area (Å²) < 4.78 is 0. The quantitative estimate of drug-likeness (QED) is 0.760. The van der Waals surface area contributed by atoms with Crippen LogP contribution in [0.2, 0.25) is 0 Å². The number of nitrogens with two attached hydrogens (primary N) is 1. The van der Waals surface area contributed by atoms with Gasteiger partial charge in [0.2, 0.25) is 11.8 Å². The predicted octanol–water partition coefficient (Wildman–Crippen LogP) is 1.80. The summed E-state index contributed by atoms with van der Waals surface area (Å²) in [6.07, 6.45) is 10.6. The molecule has 5 nitrogen and oxygen atoms in total. The van der Waals surface area contributed by atoms with E-state index in [2.05, 4.69) is 10.2 Å². The Hall–Kier alpha value is -1.10. The predicted molar refractivity (Wildman–Crippen MR) is 87.2 cm³/mol. The number of hydrogen-bond donors (Lipinski definition) is 2. The Morgan fingerprint density at radius 2 is 1.68 bits per heavy atom. The molecular weight excluding hydrogens is 278 g/mol. The van der Waals surface area contributed by atoms with Crippen LogP contribution >= 0.6 is 0 Å². The van der Waals surface area contributed by atoms with Crippen molar-refractivity contribution < 1.29 is 9.59 Å². The number of carbonyl (C=O) groups is 2. The van der Waals surface area contributed by atoms with Crippen LogP contribution in [-0.4, -0.2) is 42.4 Å². The molecule has 1 saturated carbocycles. The molecule has 2 rings (SSSR count). The van der Waals surface area contributed by atoms with E-state index in [0.717, 1.165) is 38.6 Å². The Morgan fingerprint density at radius 3 is 2.36 bits per heavy atom. The standard InChI is InChI=1S/C17H31N3O2/c18-11-10-16(21)19-13-15-9-5-6-12-20(15)17(22)14-7-3-1-2-4-8-14/h14-15H,1-13,18H2,(H,19,21). The fourth-order valence-electron chi connectivity index (χ4n) is 3.71. The van der Waals surface area contributed by atoms with E-state index in [4.69, 9.17) is 5.73 Å². The minimum atomic E-state index is -0.00469. The second-order valence-electron chi connectivity index (χ2n) is 6.71. The molecule has 126 valence electrons. The minimum absolute atomic E-state index is 0.00469. The molecule has 5 heteroatoms. The van der Waals surface area contributed by atoms with Crippen molar-refractivity contribution >= 4 is 11.8 Å². The Morgan fingerprint density at radius 1 is 1.00 bits per heavy atom. The van der Waals surface area contributed by atoms with Gasteiger partial charge in [0.15, 0.2) is 0 Å². The van der Waals surface area contributed by atoms with E-state index in [1.807, 2.05) is 0 Å². The highest BCUT2D eigenvalue weighted by Crippen LogP contribution is 2.27. The molecule has 0 spiro atoms. The first-order chi connectivity index (χ1) is 10.7. The van der Waals surface area contributed by atoms with E-state index in [1.54, 1.807) is 0 Å². The molecule has 0 bridgehead atoms. The van der Waals surface area contributed by atoms with Crippen LogP contribution in [0.3, 0.4) is 0 Å². The average molecular weight is 309 g/mol. The van der Waals surface area contributed by atoms with Crippen LogP contribution in [0.25, 0.3) is 0 Å². The van der Waals surface area contributed by atoms with Gasteiger partial charge >= 0.3 is 0 Å². The van der Waals surface area contributed by atoms with E-state index in [1.165, 1.54) is 25.7 Å². The zero-order valence-corrected chi connectivity index (χ0v) is 13.7. The third-order valence-electron chi connectivity index (χ3n) is 5.02. The molecule has 1 unspecified atom stereocenters. The van der Waals surface area contributed by atoms with E-state index in [-0.39, 0.29) is 17.9 Å². The van der Waals surface area contributed by atoms with Crippen molar-refractivity contribution in [3.63, 3.8) is 0 Å². The summed E-state index contributed by atoms with van der Waals surface area (Å²) in [5.74, 6) is 0.539. The molecule has 1 aliphatic carbocycles. The molecule has 2 fully saturated rings. The van der Waals surface area contributed by atoms with E-state index >= 15 is 0 Å². The summed E-state index contributed by atoms with van der Waals surface area (Å²) in [5, 5.41) is 2.94. The molecule has 22 heavy (non-hydrogen) atoms. The van der Waals surface area contributed by atoms with Crippen molar-refractivity contribution in [2.75, 3.05) is 19.6 Å². The lowest BCUT2D eigenvalue weighted by Crippen LogP contribution is -2.51. The molecular formula is C17H31N3O2. The van der Waals surface area contributed by atoms with Gasteiger partial charge in [0.05, 0.1) is 0 Å². The van der Waals surface area contributed by atoms with Gasteiger partial charge in [-0.25, -0.2) is 0 Å². The first-order valence-corrected chi connectivity index (χ1v) is 8.99. The second kappa shape index (κ2) is 9.13. The van der Waals surface area contributed by atoms with Crippen LogP contribution in [-0.2, 0) is 9.59 Å². The highest BCUT2D eigenvalue weighted by Gasteiger charge is 2.31. The first kappa shape index (κ1) is 17.3. The third kappa shape index (κ3) is 4.97. The molecule has 1 heterocycles. The molecule has 0 aromatic carbocycles. The molecule has 0 radical (unpaired) electrons. The number of hydrogen-bond acceptors (Lipinski definition) is 3. The van der Waals surface area contributed by atoms with Crippen LogP contribution in [0.5, 0.6) is 0 Å². The lowest BCUT2D eigenvalue weighted by Gasteiger charge is -2.38. The SMILES string of the molecule is NCCC(=O)NCC1CCCCN1C(=O)C1CCCCCC1. The Kier molecular flexibility index (Phi) is 7.16. The average Bonchev–Trinajstić information content (AvgIpc) is 2.82. The molecule has 3 N–H and O–H groups in total. The van der Waals surface area contributed by atoms with Gasteiger partial charge in [0.1, 0.15) is 0 Å². The number of carbonyl (C=O) groups excluding carboxylic acids is 2. The maximum atomic E-state index is 12.9. The molecule has 1 aliphatic heterocycles. The second-order valence-corrected chi connectivity index (χ2v) is 6.71. The van der Waals surface area contributed by atoms with Crippen LogP contribution in [0.15, 0.2) is 0 Å². The normalized spacial score (nSPS) is 23.9. The lowest BCUT2D eigenvalue weighted by atomic mass is 9.94. The number of likely N-dealkylation sites (tertiary alicyclic amines) is 1. The van der Waals surface area contributed by atoms with Gasteiger partial charge in [-0.2, -0.15) is 0 Å². The Bertz CT molecular complexity index is 365. The number of nitrogens with one attached hydrogen (secondary N) is 1. The Labute approximate surface area is 134 Å². The van der Waals surface area contributed by atoms with Gasteiger partial charge in [-0.05, 0) is 32.1 Å². The van der Waals surface area contributed by atoms with Gasteiger partial charge in [0.25, 0.3) is 0 Å². The van der Waals surface area contributed by atoms with Crippen LogP contribution in [0, 0.1) is 5.92 Å². The molecule has 0 aromatic heterocycles. The molecule has 2 aliphatic rings. The molecule has 1 atom stereocenters. The minimum Gasteiger partial charge on any atom is -0.354 e. The van der Waals surface area contributed by atoms with Crippen molar-refractivity contribution in [1.82, 2.24) is 10.2 Å². The van der Waals surface area contributed by atoms with Gasteiger partial charge in [-0.15, -0.1) is 0 Å². The summed E-state index contributed by atoms with van der Waals surface area (Å²) in [4.78, 5) is 26.6. The van der Waals surface area contributed by atoms with Crippen molar-refractivity contribution in [3.8, 4) is 0 Å². The largest absolute Gasteiger partial charge is 0.354 e. The fraction of sp³-hybridized carbons (Fsp3) is 0.882. The fourth-order valence-corrected chi connectivity index (χ4v) is 3.71. The number of piperidine rings is 1. The van der Waals surface area contributed by atoms with Gasteiger partial charge in [-0.3, -0.25) is 9.59 Å². The number of rotatable bonds is 5. The smallest absolute Gasteiger partial charge is 0.225 e. The Balaban J connectivity index is 1.90. The summed E-state index contributed by atoms with van der Waals surface area (Å²) >= 11 is 0. The van der Waals surface area contributed by atoms with Crippen molar-refractivity contribution in [1.29, 1.82) is 0 Å². The zero-order chi connectivity index (χ0) is 15.8. The first-order valence-electron chi connectivity index (χ1n) is 8.99. The zero-order valence-electron chi connectivity index (χ0n) is 13.7. The molecule has 2 amide bonds. The van der Waals surface area contributed by atoms with Crippen molar-refractivity contribution in [2.24, 2.45) is 11.7 Å². The van der Waals surface area contributed by atoms with Crippen LogP contribution in [0.1, 0.15) is 64.2 Å². The maximum absolute atomic E-state index is 12.9. The maximum Gasteiger partial charge on any atom is 0.225 e. The highest BCUT2D eigenvalue weighted by atomic mass is 16.2. The van der Waals surface area contributed by atoms with Crippen molar-refractivity contribution in [2.45, 2.75) is 70.3 Å². The van der Waals surface area contributed by atoms with Gasteiger partial charge < -0.3 is 16.0 Å². The summed E-state index contributed by atoms with van der Waals surface area (Å²) in [7, 11) is 0. The summed E-state index contributed by atoms with van der Waals surface area (Å²) in [6.45, 7) is 1.81. The monoisotopic (exact) mass is 309 g/mol. The summed E-state index contributed by atoms with van der Waals surface area (Å²) in [5.41, 5.74) is 5.40. The molecule has 1 saturated heterocycles. The molecule has 0 aromatic rings. The van der Waals surface area contributed by atoms with Crippen LogP contribution in [0.4, 0.5) is 0 Å². The van der Waals surface area contributed by atoms with E-state index < -0.39 is 0 Å². The number of nitrogens with zero attached hydrogens (tertiary/aromatic N) is 1. The highest BCUT2D eigenvalue weighted by molar-refractivity contribution is 5.79. The van der Waals surface area contributed by atoms with Gasteiger partial charge in [-0.1, -0.05) is 25.7 Å². The third-order valence-corrected chi connectivity index (χ3v) is 5.02. The van der Waals surface area contributed by atoms with E-state index in [9.17, 15) is 9.59 Å². The van der Waals surface area contributed by atoms with Crippen molar-refractivity contribution in [3.05, 3.63) is 0 Å². The van der Waals surface area contributed by atoms with Gasteiger partial charge in [0, 0.05) is 38.0 Å². The van der Waals surface area contributed by atoms with Crippen LogP contribution < -0.4 is 11.1 Å². The van der Waals surface area contributed by atoms with E-state index in [0.29, 0.717) is 25.4 Å². The number of amides is 2. The summed E-state index contributed by atoms with van der Waals surface area (Å²) in [6, 6.07) is 0.172. The topological polar surface area (TPSA) is 75.4 Å². The lowest BCUT2D eigenvalue weighted by molar-refractivity contribution is -0.140.